The van der Waals surface area contributed by atoms with E-state index in [-0.39, 0.29) is 11.5 Å². The van der Waals surface area contributed by atoms with Crippen molar-refractivity contribution in [3.05, 3.63) is 30.3 Å². The molecule has 0 saturated heterocycles. The van der Waals surface area contributed by atoms with Crippen molar-refractivity contribution < 1.29 is 5.11 Å². The molecule has 0 aliphatic rings. The molecule has 0 spiro atoms. The summed E-state index contributed by atoms with van der Waals surface area (Å²) in [5, 5.41) is 10.6. The summed E-state index contributed by atoms with van der Waals surface area (Å²) in [4.78, 5) is 0. The van der Waals surface area contributed by atoms with Gasteiger partial charge in [0.2, 0.25) is 0 Å². The van der Waals surface area contributed by atoms with Crippen molar-refractivity contribution >= 4 is 23.1 Å². The average molecular weight is 228 g/mol. The molecular formula is C11H17OPS. The standard InChI is InChI=1S/C11H17OPS/c1-11(2,3)13(14,9-12)10-7-5-4-6-8-10/h4-8,12H,9H2,1-3H3. The molecule has 1 atom stereocenters. The minimum absolute atomic E-state index is 0.0154. The highest BCUT2D eigenvalue weighted by atomic mass is 32.4. The molecule has 0 radical (unpaired) electrons. The van der Waals surface area contributed by atoms with Crippen LogP contribution in [0.5, 0.6) is 0 Å². The van der Waals surface area contributed by atoms with Gasteiger partial charge in [-0.05, 0) is 10.5 Å². The third-order valence-electron chi connectivity index (χ3n) is 2.46. The summed E-state index contributed by atoms with van der Waals surface area (Å²) in [6, 6.07) is 8.16. The second kappa shape index (κ2) is 4.14. The van der Waals surface area contributed by atoms with Crippen LogP contribution >= 0.6 is 6.04 Å². The summed E-state index contributed by atoms with van der Waals surface area (Å²) in [6.07, 6.45) is 0.107. The lowest BCUT2D eigenvalue weighted by Gasteiger charge is -2.33. The fourth-order valence-corrected chi connectivity index (χ4v) is 3.73. The Morgan fingerprint density at radius 2 is 1.71 bits per heavy atom. The van der Waals surface area contributed by atoms with Crippen LogP contribution < -0.4 is 5.30 Å². The minimum Gasteiger partial charge on any atom is -0.391 e. The molecule has 0 aromatic heterocycles. The van der Waals surface area contributed by atoms with Gasteiger partial charge in [-0.2, -0.15) is 0 Å². The van der Waals surface area contributed by atoms with Crippen molar-refractivity contribution in [1.82, 2.24) is 0 Å². The number of benzene rings is 1. The van der Waals surface area contributed by atoms with Crippen LogP contribution in [0.15, 0.2) is 30.3 Å². The molecule has 0 amide bonds. The van der Waals surface area contributed by atoms with Crippen LogP contribution in [-0.4, -0.2) is 16.6 Å². The summed E-state index contributed by atoms with van der Waals surface area (Å²) in [7, 11) is 0. The first kappa shape index (κ1) is 11.9. The zero-order chi connectivity index (χ0) is 10.8. The summed E-state index contributed by atoms with van der Waals surface area (Å²) < 4.78 is 0. The highest BCUT2D eigenvalue weighted by molar-refractivity contribution is 8.18. The zero-order valence-corrected chi connectivity index (χ0v) is 10.6. The number of rotatable bonds is 2. The van der Waals surface area contributed by atoms with Gasteiger partial charge >= 0.3 is 0 Å². The molecule has 0 aliphatic heterocycles. The van der Waals surface area contributed by atoms with Crippen LogP contribution in [0, 0.1) is 0 Å². The van der Waals surface area contributed by atoms with Crippen molar-refractivity contribution in [3.63, 3.8) is 0 Å². The van der Waals surface area contributed by atoms with Gasteiger partial charge in [0.05, 0.1) is 6.35 Å². The molecule has 1 N–H and O–H groups in total. The lowest BCUT2D eigenvalue weighted by Crippen LogP contribution is -2.24. The largest absolute Gasteiger partial charge is 0.391 e. The smallest absolute Gasteiger partial charge is 0.0760 e. The molecule has 1 nitrogen and oxygen atoms in total. The maximum Gasteiger partial charge on any atom is 0.0760 e. The Labute approximate surface area is 91.2 Å². The van der Waals surface area contributed by atoms with Crippen molar-refractivity contribution in [2.24, 2.45) is 0 Å². The fraction of sp³-hybridized carbons (Fsp3) is 0.455. The van der Waals surface area contributed by atoms with E-state index in [2.05, 4.69) is 20.8 Å². The molecule has 1 aromatic carbocycles. The quantitative estimate of drug-likeness (QED) is 0.785. The maximum atomic E-state index is 9.52. The van der Waals surface area contributed by atoms with Crippen LogP contribution in [0.25, 0.3) is 0 Å². The highest BCUT2D eigenvalue weighted by Crippen LogP contribution is 2.55. The first-order chi connectivity index (χ1) is 6.42. The van der Waals surface area contributed by atoms with E-state index < -0.39 is 6.04 Å². The van der Waals surface area contributed by atoms with E-state index in [0.717, 1.165) is 5.30 Å². The SMILES string of the molecule is CC(C)(C)P(=S)(CO)c1ccccc1. The Bertz CT molecular complexity index is 340. The molecule has 0 fully saturated rings. The first-order valence-electron chi connectivity index (χ1n) is 4.67. The second-order valence-corrected chi connectivity index (χ2v) is 9.88. The Hall–Kier alpha value is -0.170. The van der Waals surface area contributed by atoms with Crippen LogP contribution in [-0.2, 0) is 11.8 Å². The zero-order valence-electron chi connectivity index (χ0n) is 8.90. The molecule has 3 heteroatoms. The molecule has 0 saturated carbocycles. The lowest BCUT2D eigenvalue weighted by atomic mass is 10.3. The van der Waals surface area contributed by atoms with E-state index in [1.807, 2.05) is 30.3 Å². The number of hydrogen-bond donors (Lipinski definition) is 1. The summed E-state index contributed by atoms with van der Waals surface area (Å²) >= 11 is 5.67. The summed E-state index contributed by atoms with van der Waals surface area (Å²) in [5.41, 5.74) is 0. The lowest BCUT2D eigenvalue weighted by molar-refractivity contribution is 0.367. The van der Waals surface area contributed by atoms with E-state index >= 15 is 0 Å². The number of hydrogen-bond acceptors (Lipinski definition) is 2. The number of aliphatic hydroxyl groups excluding tert-OH is 1. The van der Waals surface area contributed by atoms with Gasteiger partial charge in [0.15, 0.2) is 0 Å². The molecule has 1 aromatic rings. The first-order valence-corrected chi connectivity index (χ1v) is 7.66. The van der Waals surface area contributed by atoms with Gasteiger partial charge in [-0.15, -0.1) is 0 Å². The Kier molecular flexibility index (Phi) is 3.52. The second-order valence-electron chi connectivity index (χ2n) is 4.39. The van der Waals surface area contributed by atoms with Gasteiger partial charge in [-0.3, -0.25) is 0 Å². The molecule has 1 rings (SSSR count). The molecule has 1 unspecified atom stereocenters. The van der Waals surface area contributed by atoms with Gasteiger partial charge < -0.3 is 5.11 Å². The van der Waals surface area contributed by atoms with Crippen molar-refractivity contribution in [3.8, 4) is 0 Å². The van der Waals surface area contributed by atoms with Crippen molar-refractivity contribution in [1.29, 1.82) is 0 Å². The van der Waals surface area contributed by atoms with Crippen LogP contribution in [0.3, 0.4) is 0 Å². The fourth-order valence-electron chi connectivity index (χ4n) is 1.35. The van der Waals surface area contributed by atoms with Crippen LogP contribution in [0.2, 0.25) is 0 Å². The molecular weight excluding hydrogens is 211 g/mol. The molecule has 78 valence electrons. The van der Waals surface area contributed by atoms with Gasteiger partial charge in [-0.1, -0.05) is 62.9 Å². The van der Waals surface area contributed by atoms with Gasteiger partial charge in [0.1, 0.15) is 0 Å². The van der Waals surface area contributed by atoms with E-state index in [0.29, 0.717) is 0 Å². The Balaban J connectivity index is 3.23. The van der Waals surface area contributed by atoms with Gasteiger partial charge in [0.25, 0.3) is 0 Å². The van der Waals surface area contributed by atoms with E-state index in [1.165, 1.54) is 0 Å². The van der Waals surface area contributed by atoms with Gasteiger partial charge in [-0.25, -0.2) is 0 Å². The topological polar surface area (TPSA) is 20.2 Å². The predicted octanol–water partition coefficient (Wildman–Crippen LogP) is 2.54. The van der Waals surface area contributed by atoms with Crippen molar-refractivity contribution in [2.45, 2.75) is 25.9 Å². The molecule has 0 heterocycles. The third kappa shape index (κ3) is 2.08. The van der Waals surface area contributed by atoms with Crippen molar-refractivity contribution in [2.75, 3.05) is 6.35 Å². The van der Waals surface area contributed by atoms with Crippen LogP contribution in [0.4, 0.5) is 0 Å². The van der Waals surface area contributed by atoms with E-state index in [4.69, 9.17) is 11.8 Å². The van der Waals surface area contributed by atoms with Gasteiger partial charge in [0, 0.05) is 6.04 Å². The molecule has 0 bridgehead atoms. The Morgan fingerprint density at radius 1 is 1.21 bits per heavy atom. The predicted molar refractivity (Wildman–Crippen MR) is 67.2 cm³/mol. The average Bonchev–Trinajstić information content (AvgIpc) is 2.16. The minimum atomic E-state index is -1.85. The van der Waals surface area contributed by atoms with E-state index in [1.54, 1.807) is 0 Å². The summed E-state index contributed by atoms with van der Waals surface area (Å²) in [5.74, 6) is 0. The maximum absolute atomic E-state index is 9.52. The third-order valence-corrected chi connectivity index (χ3v) is 8.78. The molecule has 0 aliphatic carbocycles. The molecule has 14 heavy (non-hydrogen) atoms. The Morgan fingerprint density at radius 3 is 2.07 bits per heavy atom. The normalized spacial score (nSPS) is 16.3. The monoisotopic (exact) mass is 228 g/mol. The highest BCUT2D eigenvalue weighted by Gasteiger charge is 2.32. The van der Waals surface area contributed by atoms with Crippen LogP contribution in [0.1, 0.15) is 20.8 Å². The van der Waals surface area contributed by atoms with E-state index in [9.17, 15) is 5.11 Å². The number of aliphatic hydroxyl groups is 1. The summed E-state index contributed by atoms with van der Waals surface area (Å²) in [6.45, 7) is 6.32.